The van der Waals surface area contributed by atoms with E-state index in [1.807, 2.05) is 75.9 Å². The van der Waals surface area contributed by atoms with Crippen molar-refractivity contribution in [1.29, 1.82) is 0 Å². The number of pyridine rings is 2. The summed E-state index contributed by atoms with van der Waals surface area (Å²) in [5, 5.41) is 16.0. The summed E-state index contributed by atoms with van der Waals surface area (Å²) in [5.41, 5.74) is 11.6. The van der Waals surface area contributed by atoms with Gasteiger partial charge in [0.25, 0.3) is 17.6 Å². The molecule has 7 aromatic rings. The summed E-state index contributed by atoms with van der Waals surface area (Å²) in [7, 11) is 0. The van der Waals surface area contributed by atoms with Crippen molar-refractivity contribution in [3.63, 3.8) is 0 Å². The topological polar surface area (TPSA) is 243 Å². The monoisotopic (exact) mass is 1530 g/mol. The van der Waals surface area contributed by atoms with E-state index < -0.39 is 0 Å². The lowest BCUT2D eigenvalue weighted by Crippen LogP contribution is -2.46. The molecule has 1 amide bonds. The van der Waals surface area contributed by atoms with E-state index in [1.165, 1.54) is 0 Å². The van der Waals surface area contributed by atoms with Crippen molar-refractivity contribution in [3.8, 4) is 29.9 Å². The predicted molar refractivity (Wildman–Crippen MR) is 422 cm³/mol. The molecule has 103 heavy (non-hydrogen) atoms. The molecule has 3 fully saturated rings. The quantitative estimate of drug-likeness (QED) is 0.0479. The van der Waals surface area contributed by atoms with E-state index in [0.29, 0.717) is 65.2 Å². The summed E-state index contributed by atoms with van der Waals surface area (Å²) in [6.45, 7) is 45.0. The van der Waals surface area contributed by atoms with Gasteiger partial charge < -0.3 is 21.0 Å². The maximum atomic E-state index is 13.0. The molecule has 0 aliphatic carbocycles. The fraction of sp³-hybridized carbons (Fsp3) is 0.500. The van der Waals surface area contributed by atoms with Crippen LogP contribution in [0.3, 0.4) is 0 Å². The Morgan fingerprint density at radius 2 is 0.961 bits per heavy atom. The highest BCUT2D eigenvalue weighted by Crippen LogP contribution is 2.26. The maximum Gasteiger partial charge on any atom is 0.298 e. The number of ether oxygens (including phenoxy) is 1. The molecule has 12 rings (SSSR count). The van der Waals surface area contributed by atoms with Crippen LogP contribution >= 0.6 is 31.9 Å². The minimum absolute atomic E-state index is 0.0417. The van der Waals surface area contributed by atoms with Gasteiger partial charge in [0.15, 0.2) is 5.75 Å². The number of terminal acetylenes is 1. The Hall–Kier alpha value is -8.00. The first-order valence-corrected chi connectivity index (χ1v) is 37.0. The van der Waals surface area contributed by atoms with Gasteiger partial charge in [-0.1, -0.05) is 61.0 Å². The zero-order valence-corrected chi connectivity index (χ0v) is 66.4. The van der Waals surface area contributed by atoms with Crippen LogP contribution < -0.4 is 26.9 Å². The minimum atomic E-state index is 0.0417. The fourth-order valence-electron chi connectivity index (χ4n) is 12.0. The summed E-state index contributed by atoms with van der Waals surface area (Å²) < 4.78 is 10.1. The highest BCUT2D eigenvalue weighted by Gasteiger charge is 2.30. The second-order valence-electron chi connectivity index (χ2n) is 30.7. The number of amides is 1. The van der Waals surface area contributed by atoms with Crippen LogP contribution in [-0.4, -0.2) is 182 Å². The van der Waals surface area contributed by atoms with Gasteiger partial charge in [-0.25, -0.2) is 19.9 Å². The number of benzene rings is 3. The zero-order chi connectivity index (χ0) is 75.9. The number of carbonyl (C=O) groups excluding carboxylic acids is 3. The molecule has 23 heteroatoms. The van der Waals surface area contributed by atoms with Crippen LogP contribution in [0.25, 0.3) is 21.8 Å². The lowest BCUT2D eigenvalue weighted by molar-refractivity contribution is -0.122. The number of fused-ring (bicyclic) bond motifs is 4. The highest BCUT2D eigenvalue weighted by molar-refractivity contribution is 9.10. The van der Waals surface area contributed by atoms with Gasteiger partial charge in [-0.15, -0.1) is 6.42 Å². The number of likely N-dealkylation sites (tertiary alicyclic amines) is 2. The number of anilines is 1. The van der Waals surface area contributed by atoms with Gasteiger partial charge in [0.05, 0.1) is 33.2 Å². The van der Waals surface area contributed by atoms with E-state index in [-0.39, 0.29) is 44.7 Å². The second kappa shape index (κ2) is 38.7. The fourth-order valence-corrected chi connectivity index (χ4v) is 12.7. The number of carbonyl (C=O) groups is 3. The number of nitrogen functional groups attached to an aromatic ring is 1. The van der Waals surface area contributed by atoms with Crippen molar-refractivity contribution in [1.82, 2.24) is 58.9 Å². The van der Waals surface area contributed by atoms with Gasteiger partial charge in [0.1, 0.15) is 28.8 Å². The van der Waals surface area contributed by atoms with E-state index in [2.05, 4.69) is 203 Å². The molecule has 9 heterocycles. The predicted octanol–water partition coefficient (Wildman–Crippen LogP) is 12.1. The van der Waals surface area contributed by atoms with E-state index in [4.69, 9.17) is 27.3 Å². The number of Topliss-reactive ketones (excluding diaryl/α,β-unsaturated/α-hetero) is 1. The van der Waals surface area contributed by atoms with Crippen LogP contribution in [0.5, 0.6) is 5.75 Å². The van der Waals surface area contributed by atoms with Crippen LogP contribution in [0.15, 0.2) is 127 Å². The van der Waals surface area contributed by atoms with Crippen LogP contribution in [0, 0.1) is 24.2 Å². The molecule has 5 aliphatic heterocycles. The number of nitrogens with two attached hydrogens (primary N) is 1. The lowest BCUT2D eigenvalue weighted by atomic mass is 10.0. The number of piperidine rings is 2. The molecular formula is C80H108Br2N14O7. The number of oxime groups is 1. The highest BCUT2D eigenvalue weighted by atomic mass is 79.9. The Bertz CT molecular complexity index is 4200. The number of ketones is 1. The number of rotatable bonds is 2. The molecule has 554 valence electrons. The number of aromatic nitrogens is 6. The largest absolute Gasteiger partial charge is 0.427 e. The number of hydrogen-bond acceptors (Lipinski definition) is 18. The Kier molecular flexibility index (Phi) is 31.5. The van der Waals surface area contributed by atoms with Crippen LogP contribution in [0.4, 0.5) is 5.69 Å². The Balaban J connectivity index is 0.000000198. The third-order valence-corrected chi connectivity index (χ3v) is 19.2. The Labute approximate surface area is 626 Å². The van der Waals surface area contributed by atoms with E-state index in [0.717, 1.165) is 154 Å². The average molecular weight is 1540 g/mol. The van der Waals surface area contributed by atoms with Crippen molar-refractivity contribution >= 4 is 83.2 Å². The van der Waals surface area contributed by atoms with Crippen LogP contribution in [-0.2, 0) is 40.3 Å². The van der Waals surface area contributed by atoms with Crippen molar-refractivity contribution in [2.75, 3.05) is 77.7 Å². The van der Waals surface area contributed by atoms with Crippen LogP contribution in [0.1, 0.15) is 165 Å². The standard InChI is InChI=1S/C23H24N4O.C16H20BrN3O.2C9H18N2O.C9H17NO.C7H6BrNO2.C7H5N/c1-23(2,3)26-13-11-21-25-20-16-17(7-9-18-6-4-5-12-24-18)8-10-19(20)22(28)27(21)15-14-26;1-16(2,3)19-7-6-14-18-13-10-11(17)4-5-12(13)15(21)20(14)9-8-19;1-9(2,3)11-6-4-8(12)10-5-7-11;1-9(2,3)11-6-4-8(10-12)5-7-11;1-9(2,3)10-6-4-8(11)5-7-10;8-5-1-2-7(11-4-10)6(9)3-5;1-2-7-5-3-4-6-8-7/h4-6,8,10,12,16H,11,13-15H2,1-3H3;4-5,10H,6-9H2,1-3H3;4-7H2,1-3H3,(H,10,12);12H,4-7H2,1-3H3;4-7H2,1-3H3;1-4H,9H2;1,3-6H. The molecule has 4 N–H and O–H groups in total. The van der Waals surface area contributed by atoms with E-state index in [1.54, 1.807) is 36.7 Å². The summed E-state index contributed by atoms with van der Waals surface area (Å²) in [6.07, 6.45) is 14.0. The lowest BCUT2D eigenvalue weighted by Gasteiger charge is -2.38. The first-order valence-electron chi connectivity index (χ1n) is 35.4. The molecule has 4 aromatic heterocycles. The van der Waals surface area contributed by atoms with Gasteiger partial charge in [0.2, 0.25) is 5.91 Å². The molecule has 3 aromatic carbocycles. The van der Waals surface area contributed by atoms with Gasteiger partial charge in [-0.2, -0.15) is 0 Å². The van der Waals surface area contributed by atoms with Crippen molar-refractivity contribution in [3.05, 3.63) is 162 Å². The first kappa shape index (κ1) is 83.9. The molecular weight excluding hydrogens is 1430 g/mol. The molecule has 0 radical (unpaired) electrons. The number of hydrogen-bond donors (Lipinski definition) is 3. The Morgan fingerprint density at radius 1 is 0.524 bits per heavy atom. The van der Waals surface area contributed by atoms with E-state index >= 15 is 0 Å². The maximum absolute atomic E-state index is 13.0. The normalized spacial score (nSPS) is 16.4. The zero-order valence-electron chi connectivity index (χ0n) is 63.2. The molecule has 0 spiro atoms. The smallest absolute Gasteiger partial charge is 0.298 e. The van der Waals surface area contributed by atoms with Crippen molar-refractivity contribution in [2.45, 2.75) is 190 Å². The van der Waals surface area contributed by atoms with Crippen molar-refractivity contribution < 1.29 is 24.3 Å². The van der Waals surface area contributed by atoms with Crippen molar-refractivity contribution in [2.24, 2.45) is 5.16 Å². The van der Waals surface area contributed by atoms with E-state index in [9.17, 15) is 24.0 Å². The molecule has 21 nitrogen and oxygen atoms in total. The van der Waals surface area contributed by atoms with Crippen LogP contribution in [0.2, 0.25) is 0 Å². The number of nitrogens with one attached hydrogen (secondary N) is 1. The van der Waals surface area contributed by atoms with Gasteiger partial charge >= 0.3 is 0 Å². The minimum Gasteiger partial charge on any atom is -0.427 e. The third kappa shape index (κ3) is 26.9. The SMILES string of the molecule is C#Cc1ccccn1.CC(C)(C)N1CCC(=NO)CC1.CC(C)(C)N1CCC(=O)CC1.CC(C)(C)N1CCNC(=O)CC1.CC(C)(C)N1CCc2nc3cc(Br)ccc3c(=O)n2CC1.CC(C)(C)N1CCc2nc3cc(C#Cc4ccccn4)ccc3c(=O)n2CC1.Nc1cc(Br)ccc1OC=O. The first-order chi connectivity index (χ1) is 48.5. The number of halogens is 2. The molecule has 5 aliphatic rings. The summed E-state index contributed by atoms with van der Waals surface area (Å²) in [6, 6.07) is 27.5. The Morgan fingerprint density at radius 3 is 1.42 bits per heavy atom. The molecule has 0 bridgehead atoms. The summed E-state index contributed by atoms with van der Waals surface area (Å²) in [4.78, 5) is 87.1. The molecule has 0 atom stereocenters. The average Bonchev–Trinajstić information content (AvgIpc) is 0.819. The molecule has 0 unspecified atom stereocenters. The number of nitrogens with zero attached hydrogens (tertiary/aromatic N) is 12. The van der Waals surface area contributed by atoms with Gasteiger partial charge in [0, 0.05) is 185 Å². The summed E-state index contributed by atoms with van der Waals surface area (Å²) in [5.74, 6) is 11.3. The van der Waals surface area contributed by atoms with Gasteiger partial charge in [-0.3, -0.25) is 57.6 Å². The third-order valence-electron chi connectivity index (χ3n) is 18.2. The van der Waals surface area contributed by atoms with Gasteiger partial charge in [-0.05, 0) is 189 Å². The second-order valence-corrected chi connectivity index (χ2v) is 32.5. The molecule has 3 saturated heterocycles. The molecule has 0 saturated carbocycles. The summed E-state index contributed by atoms with van der Waals surface area (Å²) >= 11 is 6.67.